The van der Waals surface area contributed by atoms with Crippen molar-refractivity contribution >= 4 is 0 Å². The maximum absolute atomic E-state index is 3.29. The summed E-state index contributed by atoms with van der Waals surface area (Å²) >= 11 is 0. The van der Waals surface area contributed by atoms with Crippen molar-refractivity contribution in [3.63, 3.8) is 0 Å². The normalized spacial score (nSPS) is 10.3. The molecule has 0 aliphatic carbocycles. The van der Waals surface area contributed by atoms with Gasteiger partial charge in [0.2, 0.25) is 0 Å². The molecular formula is C11H18N2. The van der Waals surface area contributed by atoms with Crippen LogP contribution >= 0.6 is 0 Å². The smallest absolute Gasteiger partial charge is 0.0451 e. The Morgan fingerprint density at radius 2 is 2.15 bits per heavy atom. The van der Waals surface area contributed by atoms with E-state index in [9.17, 15) is 0 Å². The van der Waals surface area contributed by atoms with Crippen LogP contribution in [0.5, 0.6) is 0 Å². The van der Waals surface area contributed by atoms with Crippen LogP contribution in [-0.4, -0.2) is 20.3 Å². The molecule has 0 heterocycles. The van der Waals surface area contributed by atoms with Crippen molar-refractivity contribution in [2.24, 2.45) is 0 Å². The Hall–Kier alpha value is -0.860. The van der Waals surface area contributed by atoms with E-state index in [0.717, 1.165) is 19.6 Å². The Bertz CT molecular complexity index is 246. The molecule has 0 unspecified atom stereocenters. The van der Waals surface area contributed by atoms with E-state index in [0.29, 0.717) is 0 Å². The van der Waals surface area contributed by atoms with Crippen molar-refractivity contribution in [1.29, 1.82) is 0 Å². The molecule has 1 rings (SSSR count). The fourth-order valence-electron chi connectivity index (χ4n) is 1.31. The summed E-state index contributed by atoms with van der Waals surface area (Å²) in [5, 5.41) is 6.35. The van der Waals surface area contributed by atoms with Gasteiger partial charge < -0.3 is 10.6 Å². The summed E-state index contributed by atoms with van der Waals surface area (Å²) in [7, 11) is 1.94. The summed E-state index contributed by atoms with van der Waals surface area (Å²) in [6.07, 6.45) is 1.10. The maximum Gasteiger partial charge on any atom is 0.0451 e. The highest BCUT2D eigenvalue weighted by Crippen LogP contribution is 2.03. The predicted octanol–water partition coefficient (Wildman–Crippen LogP) is 1.30. The first kappa shape index (κ1) is 10.2. The van der Waals surface area contributed by atoms with Gasteiger partial charge in [-0.1, -0.05) is 29.8 Å². The highest BCUT2D eigenvalue weighted by Gasteiger charge is 1.92. The standard InChI is InChI=1S/C11H18N2/c1-10-4-3-5-11(8-10)6-7-13-9-12-2/h3-5,8,12-13H,6-7,9H2,1-2H3. The molecule has 13 heavy (non-hydrogen) atoms. The van der Waals surface area contributed by atoms with Gasteiger partial charge >= 0.3 is 0 Å². The molecule has 0 aliphatic heterocycles. The molecule has 0 saturated heterocycles. The van der Waals surface area contributed by atoms with Crippen LogP contribution in [0.25, 0.3) is 0 Å². The second-order valence-corrected chi connectivity index (χ2v) is 3.27. The first-order valence-electron chi connectivity index (χ1n) is 4.74. The fourth-order valence-corrected chi connectivity index (χ4v) is 1.31. The van der Waals surface area contributed by atoms with E-state index in [-0.39, 0.29) is 0 Å². The zero-order chi connectivity index (χ0) is 9.52. The first-order valence-corrected chi connectivity index (χ1v) is 4.74. The Labute approximate surface area is 80.4 Å². The first-order chi connectivity index (χ1) is 6.33. The molecule has 2 N–H and O–H groups in total. The quantitative estimate of drug-likeness (QED) is 0.524. The maximum atomic E-state index is 3.29. The summed E-state index contributed by atoms with van der Waals surface area (Å²) in [5.41, 5.74) is 2.75. The molecule has 0 aliphatic rings. The van der Waals surface area contributed by atoms with Gasteiger partial charge in [-0.2, -0.15) is 0 Å². The van der Waals surface area contributed by atoms with Gasteiger partial charge in [-0.05, 0) is 26.0 Å². The molecule has 72 valence electrons. The van der Waals surface area contributed by atoms with Crippen molar-refractivity contribution in [3.05, 3.63) is 35.4 Å². The molecule has 0 radical (unpaired) electrons. The predicted molar refractivity (Wildman–Crippen MR) is 56.8 cm³/mol. The monoisotopic (exact) mass is 178 g/mol. The number of hydrogen-bond donors (Lipinski definition) is 2. The zero-order valence-corrected chi connectivity index (χ0v) is 8.43. The second kappa shape index (κ2) is 5.73. The highest BCUT2D eigenvalue weighted by atomic mass is 15.0. The Morgan fingerprint density at radius 1 is 1.31 bits per heavy atom. The molecular weight excluding hydrogens is 160 g/mol. The number of hydrogen-bond acceptors (Lipinski definition) is 2. The van der Waals surface area contributed by atoms with Crippen molar-refractivity contribution in [2.45, 2.75) is 13.3 Å². The average Bonchev–Trinajstić information content (AvgIpc) is 2.13. The lowest BCUT2D eigenvalue weighted by Gasteiger charge is -2.04. The number of rotatable bonds is 5. The molecule has 0 saturated carbocycles. The summed E-state index contributed by atoms with van der Waals surface area (Å²) < 4.78 is 0. The molecule has 0 spiro atoms. The molecule has 2 nitrogen and oxygen atoms in total. The third-order valence-electron chi connectivity index (χ3n) is 1.97. The van der Waals surface area contributed by atoms with Gasteiger partial charge in [-0.3, -0.25) is 0 Å². The zero-order valence-electron chi connectivity index (χ0n) is 8.43. The van der Waals surface area contributed by atoms with E-state index in [2.05, 4.69) is 41.8 Å². The number of benzene rings is 1. The molecule has 1 aromatic rings. The SMILES string of the molecule is CNCNCCc1cccc(C)c1. The van der Waals surface area contributed by atoms with Crippen LogP contribution in [0.1, 0.15) is 11.1 Å². The van der Waals surface area contributed by atoms with Crippen LogP contribution < -0.4 is 10.6 Å². The summed E-state index contributed by atoms with van der Waals surface area (Å²) in [6.45, 7) is 4.04. The Kier molecular flexibility index (Phi) is 4.50. The van der Waals surface area contributed by atoms with Crippen molar-refractivity contribution in [1.82, 2.24) is 10.6 Å². The van der Waals surface area contributed by atoms with E-state index in [1.807, 2.05) is 7.05 Å². The largest absolute Gasteiger partial charge is 0.308 e. The molecule has 2 heteroatoms. The minimum Gasteiger partial charge on any atom is -0.308 e. The summed E-state index contributed by atoms with van der Waals surface area (Å²) in [6, 6.07) is 8.66. The van der Waals surface area contributed by atoms with Gasteiger partial charge in [0, 0.05) is 13.2 Å². The average molecular weight is 178 g/mol. The Balaban J connectivity index is 2.28. The van der Waals surface area contributed by atoms with E-state index in [1.54, 1.807) is 0 Å². The van der Waals surface area contributed by atoms with Crippen molar-refractivity contribution < 1.29 is 0 Å². The van der Waals surface area contributed by atoms with Crippen molar-refractivity contribution in [3.8, 4) is 0 Å². The second-order valence-electron chi connectivity index (χ2n) is 3.27. The molecule has 1 aromatic carbocycles. The lowest BCUT2D eigenvalue weighted by Crippen LogP contribution is -2.27. The van der Waals surface area contributed by atoms with Crippen LogP contribution in [0.2, 0.25) is 0 Å². The fraction of sp³-hybridized carbons (Fsp3) is 0.455. The van der Waals surface area contributed by atoms with E-state index < -0.39 is 0 Å². The van der Waals surface area contributed by atoms with Gasteiger partial charge in [0.25, 0.3) is 0 Å². The van der Waals surface area contributed by atoms with Gasteiger partial charge in [0.15, 0.2) is 0 Å². The topological polar surface area (TPSA) is 24.1 Å². The minimum atomic E-state index is 0.881. The third kappa shape index (κ3) is 4.06. The van der Waals surface area contributed by atoms with E-state index >= 15 is 0 Å². The number of nitrogens with one attached hydrogen (secondary N) is 2. The van der Waals surface area contributed by atoms with Crippen LogP contribution in [-0.2, 0) is 6.42 Å². The van der Waals surface area contributed by atoms with Crippen LogP contribution in [0.3, 0.4) is 0 Å². The Morgan fingerprint density at radius 3 is 2.85 bits per heavy atom. The van der Waals surface area contributed by atoms with Gasteiger partial charge in [-0.25, -0.2) is 0 Å². The molecule has 0 bridgehead atoms. The van der Waals surface area contributed by atoms with E-state index in [1.165, 1.54) is 11.1 Å². The van der Waals surface area contributed by atoms with Gasteiger partial charge in [0.1, 0.15) is 0 Å². The van der Waals surface area contributed by atoms with Gasteiger partial charge in [-0.15, -0.1) is 0 Å². The third-order valence-corrected chi connectivity index (χ3v) is 1.97. The van der Waals surface area contributed by atoms with Crippen LogP contribution in [0, 0.1) is 6.92 Å². The molecule has 0 amide bonds. The lowest BCUT2D eigenvalue weighted by atomic mass is 10.1. The van der Waals surface area contributed by atoms with Gasteiger partial charge in [0.05, 0.1) is 0 Å². The van der Waals surface area contributed by atoms with Crippen LogP contribution in [0.15, 0.2) is 24.3 Å². The van der Waals surface area contributed by atoms with Crippen molar-refractivity contribution in [2.75, 3.05) is 20.3 Å². The molecule has 0 atom stereocenters. The minimum absolute atomic E-state index is 0.881. The van der Waals surface area contributed by atoms with Crippen LogP contribution in [0.4, 0.5) is 0 Å². The van der Waals surface area contributed by atoms with E-state index in [4.69, 9.17) is 0 Å². The summed E-state index contributed by atoms with van der Waals surface area (Å²) in [4.78, 5) is 0. The molecule has 0 aromatic heterocycles. The lowest BCUT2D eigenvalue weighted by molar-refractivity contribution is 0.631. The molecule has 0 fully saturated rings. The highest BCUT2D eigenvalue weighted by molar-refractivity contribution is 5.22. The summed E-state index contributed by atoms with van der Waals surface area (Å²) in [5.74, 6) is 0. The number of aryl methyl sites for hydroxylation is 1.